The number of nitrogens with zero attached hydrogens (tertiary/aromatic N) is 8. The summed E-state index contributed by atoms with van der Waals surface area (Å²) in [6, 6.07) is 4.05. The van der Waals surface area contributed by atoms with E-state index in [1.165, 1.54) is 11.0 Å². The third-order valence-electron chi connectivity index (χ3n) is 6.66. The van der Waals surface area contributed by atoms with Crippen LogP contribution >= 0.6 is 0 Å². The van der Waals surface area contributed by atoms with Crippen LogP contribution in [0.3, 0.4) is 0 Å². The Bertz CT molecular complexity index is 1080. The van der Waals surface area contributed by atoms with Gasteiger partial charge in [-0.2, -0.15) is 9.78 Å². The zero-order valence-corrected chi connectivity index (χ0v) is 18.0. The van der Waals surface area contributed by atoms with Crippen LogP contribution in [0, 0.1) is 5.41 Å². The second kappa shape index (κ2) is 7.90. The Morgan fingerprint density at radius 2 is 2.00 bits per heavy atom. The molecule has 166 valence electrons. The maximum Gasteiger partial charge on any atom is 0.336 e. The molecule has 1 spiro atoms. The molecule has 11 nitrogen and oxygen atoms in total. The number of carbonyl (C=O) groups is 2. The molecule has 0 N–H and O–H groups in total. The maximum absolute atomic E-state index is 13.2. The Morgan fingerprint density at radius 3 is 2.62 bits per heavy atom. The molecule has 2 aromatic rings. The van der Waals surface area contributed by atoms with Gasteiger partial charge in [-0.05, 0) is 62.3 Å². The van der Waals surface area contributed by atoms with Crippen LogP contribution in [0.15, 0.2) is 42.0 Å². The predicted octanol–water partition coefficient (Wildman–Crippen LogP) is 0.652. The van der Waals surface area contributed by atoms with Crippen molar-refractivity contribution in [1.29, 1.82) is 0 Å². The fraction of sp³-hybridized carbons (Fsp3) is 0.476. The van der Waals surface area contributed by atoms with Gasteiger partial charge in [0.2, 0.25) is 5.91 Å². The highest BCUT2D eigenvalue weighted by Crippen LogP contribution is 2.41. The first-order valence-corrected chi connectivity index (χ1v) is 10.7. The zero-order chi connectivity index (χ0) is 22.3. The van der Waals surface area contributed by atoms with Crippen LogP contribution in [0.25, 0.3) is 5.82 Å². The third kappa shape index (κ3) is 3.48. The van der Waals surface area contributed by atoms with E-state index >= 15 is 0 Å². The van der Waals surface area contributed by atoms with Crippen molar-refractivity contribution in [2.75, 3.05) is 19.7 Å². The molecule has 1 fully saturated rings. The largest absolute Gasteiger partial charge is 0.456 e. The lowest BCUT2D eigenvalue weighted by atomic mass is 9.78. The van der Waals surface area contributed by atoms with Crippen LogP contribution < -0.4 is 0 Å². The molecule has 3 aliphatic rings. The van der Waals surface area contributed by atoms with Crippen molar-refractivity contribution in [3.63, 3.8) is 0 Å². The van der Waals surface area contributed by atoms with E-state index in [2.05, 4.69) is 37.5 Å². The molecular formula is C21H24N8O3. The van der Waals surface area contributed by atoms with Gasteiger partial charge < -0.3 is 9.64 Å². The highest BCUT2D eigenvalue weighted by Gasteiger charge is 2.47. The molecule has 3 aliphatic heterocycles. The molecule has 5 heterocycles. The summed E-state index contributed by atoms with van der Waals surface area (Å²) in [5.74, 6) is 0.267. The van der Waals surface area contributed by atoms with Crippen molar-refractivity contribution in [1.82, 2.24) is 40.2 Å². The summed E-state index contributed by atoms with van der Waals surface area (Å²) in [4.78, 5) is 28.9. The number of likely N-dealkylation sites (tertiary alicyclic amines) is 1. The van der Waals surface area contributed by atoms with Crippen LogP contribution in [0.5, 0.6) is 0 Å². The molecule has 0 bridgehead atoms. The van der Waals surface area contributed by atoms with Crippen molar-refractivity contribution >= 4 is 11.9 Å². The Hall–Kier alpha value is -3.47. The molecular weight excluding hydrogens is 412 g/mol. The van der Waals surface area contributed by atoms with Gasteiger partial charge >= 0.3 is 5.97 Å². The van der Waals surface area contributed by atoms with Gasteiger partial charge in [-0.25, -0.2) is 4.79 Å². The van der Waals surface area contributed by atoms with Gasteiger partial charge in [-0.1, -0.05) is 6.08 Å². The average molecular weight is 436 g/mol. The van der Waals surface area contributed by atoms with E-state index in [0.717, 1.165) is 38.0 Å². The van der Waals surface area contributed by atoms with Crippen molar-refractivity contribution in [3.8, 4) is 5.82 Å². The van der Waals surface area contributed by atoms with E-state index in [-0.39, 0.29) is 24.5 Å². The monoisotopic (exact) mass is 436 g/mol. The second-order valence-electron chi connectivity index (χ2n) is 8.52. The van der Waals surface area contributed by atoms with Gasteiger partial charge in [0.15, 0.2) is 5.82 Å². The van der Waals surface area contributed by atoms with E-state index in [1.54, 1.807) is 11.8 Å². The molecule has 11 heteroatoms. The molecule has 5 rings (SSSR count). The number of cyclic esters (lactones) is 1. The number of carbonyl (C=O) groups excluding carboxylic acids is 2. The summed E-state index contributed by atoms with van der Waals surface area (Å²) < 4.78 is 6.54. The van der Waals surface area contributed by atoms with Gasteiger partial charge in [0, 0.05) is 18.7 Å². The molecule has 2 aromatic heterocycles. The first-order valence-electron chi connectivity index (χ1n) is 10.7. The number of piperidine rings is 1. The molecule has 0 aliphatic carbocycles. The van der Waals surface area contributed by atoms with Crippen LogP contribution in [-0.2, 0) is 20.7 Å². The number of hydrogen-bond donors (Lipinski definition) is 0. The molecule has 1 saturated heterocycles. The van der Waals surface area contributed by atoms with Gasteiger partial charge in [-0.15, -0.1) is 10.2 Å². The summed E-state index contributed by atoms with van der Waals surface area (Å²) in [6.45, 7) is 5.67. The van der Waals surface area contributed by atoms with Crippen molar-refractivity contribution in [3.05, 3.63) is 47.7 Å². The van der Waals surface area contributed by atoms with Gasteiger partial charge in [0.05, 0.1) is 22.4 Å². The summed E-state index contributed by atoms with van der Waals surface area (Å²) in [7, 11) is 0. The number of rotatable bonds is 5. The Balaban J connectivity index is 1.19. The highest BCUT2D eigenvalue weighted by atomic mass is 16.5. The number of aromatic nitrogens is 6. The number of tetrazole rings is 1. The van der Waals surface area contributed by atoms with Crippen molar-refractivity contribution in [2.45, 2.75) is 39.2 Å². The Morgan fingerprint density at radius 1 is 1.19 bits per heavy atom. The van der Waals surface area contributed by atoms with E-state index in [9.17, 15) is 9.59 Å². The van der Waals surface area contributed by atoms with E-state index in [1.807, 2.05) is 24.4 Å². The molecule has 0 aromatic carbocycles. The molecule has 0 saturated carbocycles. The van der Waals surface area contributed by atoms with E-state index in [0.29, 0.717) is 17.1 Å². The Labute approximate surface area is 184 Å². The number of amides is 1. The molecule has 0 unspecified atom stereocenters. The van der Waals surface area contributed by atoms with E-state index in [4.69, 9.17) is 4.74 Å². The minimum absolute atomic E-state index is 0.0431. The maximum atomic E-state index is 13.2. The minimum Gasteiger partial charge on any atom is -0.456 e. The molecule has 1 amide bonds. The normalized spacial score (nSPS) is 21.6. The zero-order valence-electron chi connectivity index (χ0n) is 18.0. The smallest absolute Gasteiger partial charge is 0.336 e. The van der Waals surface area contributed by atoms with Crippen LogP contribution in [-0.4, -0.2) is 77.8 Å². The van der Waals surface area contributed by atoms with Crippen LogP contribution in [0.1, 0.15) is 32.4 Å². The van der Waals surface area contributed by atoms with Gasteiger partial charge in [0.1, 0.15) is 12.9 Å². The predicted molar refractivity (Wildman–Crippen MR) is 111 cm³/mol. The summed E-state index contributed by atoms with van der Waals surface area (Å²) in [5.41, 5.74) is 1.57. The highest BCUT2D eigenvalue weighted by molar-refractivity contribution is 5.95. The first kappa shape index (κ1) is 20.4. The Kier molecular flexibility index (Phi) is 5.04. The standard InChI is InChI=1S/C21H24N8O3/c1-14(11-16-3-4-18(24-23-16)29-13-22-25-26-29)27-8-5-21(6-9-27)7-10-28(20(21)31)17-12-32-19(30)15(17)2/h3-4,7,10,13-14H,5-6,8-9,11-12H2,1-2H3/t14-/m0/s1. The lowest BCUT2D eigenvalue weighted by Gasteiger charge is -2.40. The number of ether oxygens (including phenoxy) is 1. The molecule has 0 radical (unpaired) electrons. The SMILES string of the molecule is CC1=C(N2C=CC3(CCN([C@@H](C)Cc4ccc(-n5cnnn5)nn4)CC3)C2=O)COC1=O. The summed E-state index contributed by atoms with van der Waals surface area (Å²) >= 11 is 0. The summed E-state index contributed by atoms with van der Waals surface area (Å²) in [6.07, 6.45) is 7.54. The van der Waals surface area contributed by atoms with Crippen molar-refractivity contribution in [2.24, 2.45) is 5.41 Å². The lowest BCUT2D eigenvalue weighted by molar-refractivity contribution is -0.138. The number of esters is 1. The second-order valence-corrected chi connectivity index (χ2v) is 8.52. The van der Waals surface area contributed by atoms with Crippen LogP contribution in [0.4, 0.5) is 0 Å². The fourth-order valence-corrected chi connectivity index (χ4v) is 4.55. The third-order valence-corrected chi connectivity index (χ3v) is 6.66. The lowest BCUT2D eigenvalue weighted by Crippen LogP contribution is -2.48. The topological polar surface area (TPSA) is 119 Å². The molecule has 32 heavy (non-hydrogen) atoms. The van der Waals surface area contributed by atoms with Gasteiger partial charge in [0.25, 0.3) is 0 Å². The van der Waals surface area contributed by atoms with Gasteiger partial charge in [-0.3, -0.25) is 9.69 Å². The summed E-state index contributed by atoms with van der Waals surface area (Å²) in [5, 5.41) is 19.5. The number of hydrogen-bond acceptors (Lipinski definition) is 9. The quantitative estimate of drug-likeness (QED) is 0.622. The minimum atomic E-state index is -0.498. The van der Waals surface area contributed by atoms with Crippen LogP contribution in [0.2, 0.25) is 0 Å². The molecule has 1 atom stereocenters. The fourth-order valence-electron chi connectivity index (χ4n) is 4.55. The average Bonchev–Trinajstić information content (AvgIpc) is 3.52. The van der Waals surface area contributed by atoms with Crippen molar-refractivity contribution < 1.29 is 14.3 Å². The first-order chi connectivity index (χ1) is 15.5. The van der Waals surface area contributed by atoms with E-state index < -0.39 is 5.41 Å².